The van der Waals surface area contributed by atoms with Crippen LogP contribution in [0.4, 0.5) is 4.39 Å². The van der Waals surface area contributed by atoms with Gasteiger partial charge in [-0.2, -0.15) is 0 Å². The van der Waals surface area contributed by atoms with E-state index in [9.17, 15) is 19.1 Å². The van der Waals surface area contributed by atoms with Crippen LogP contribution in [-0.4, -0.2) is 53.7 Å². The van der Waals surface area contributed by atoms with Crippen LogP contribution < -0.4 is 5.32 Å². The van der Waals surface area contributed by atoms with E-state index in [1.165, 1.54) is 55.2 Å². The van der Waals surface area contributed by atoms with E-state index in [1.807, 2.05) is 0 Å². The highest BCUT2D eigenvalue weighted by Gasteiger charge is 2.70. The molecular formula is C45H69FN2O3. The number of rotatable bonds is 7. The van der Waals surface area contributed by atoms with E-state index in [2.05, 4.69) is 77.4 Å². The predicted octanol–water partition coefficient (Wildman–Crippen LogP) is 9.93. The zero-order chi connectivity index (χ0) is 36.8. The first-order valence-electron chi connectivity index (χ1n) is 20.9. The van der Waals surface area contributed by atoms with Gasteiger partial charge in [0.25, 0.3) is 0 Å². The summed E-state index contributed by atoms with van der Waals surface area (Å²) in [6, 6.07) is 0. The van der Waals surface area contributed by atoms with E-state index in [1.54, 1.807) is 0 Å². The van der Waals surface area contributed by atoms with Crippen molar-refractivity contribution in [1.29, 1.82) is 0 Å². The van der Waals surface area contributed by atoms with Crippen molar-refractivity contribution in [3.63, 3.8) is 0 Å². The monoisotopic (exact) mass is 705 g/mol. The van der Waals surface area contributed by atoms with Gasteiger partial charge in [-0.05, 0) is 165 Å². The number of carboxylic acids is 1. The van der Waals surface area contributed by atoms with E-state index < -0.39 is 18.1 Å². The van der Waals surface area contributed by atoms with Gasteiger partial charge in [-0.15, -0.1) is 0 Å². The first-order valence-corrected chi connectivity index (χ1v) is 20.9. The minimum Gasteiger partial charge on any atom is -0.481 e. The second-order valence-corrected chi connectivity index (χ2v) is 20.5. The minimum atomic E-state index is -1.25. The molecule has 1 aliphatic heterocycles. The minimum absolute atomic E-state index is 0.0159. The van der Waals surface area contributed by atoms with E-state index >= 15 is 0 Å². The van der Waals surface area contributed by atoms with Crippen molar-refractivity contribution < 1.29 is 19.1 Å². The van der Waals surface area contributed by atoms with Crippen molar-refractivity contribution in [3.8, 4) is 0 Å². The normalized spacial score (nSPS) is 45.0. The second kappa shape index (κ2) is 12.8. The molecule has 284 valence electrons. The van der Waals surface area contributed by atoms with Crippen LogP contribution in [0.3, 0.4) is 0 Å². The summed E-state index contributed by atoms with van der Waals surface area (Å²) in [5.41, 5.74) is 3.44. The maximum Gasteiger partial charge on any atom is 0.312 e. The summed E-state index contributed by atoms with van der Waals surface area (Å²) >= 11 is 0. The number of halogens is 1. The van der Waals surface area contributed by atoms with Gasteiger partial charge in [0, 0.05) is 18.6 Å². The summed E-state index contributed by atoms with van der Waals surface area (Å²) < 4.78 is 14.0. The van der Waals surface area contributed by atoms with Crippen LogP contribution in [-0.2, 0) is 9.59 Å². The molecular weight excluding hydrogens is 636 g/mol. The molecule has 0 spiro atoms. The molecule has 7 aliphatic rings. The van der Waals surface area contributed by atoms with Crippen LogP contribution in [0.1, 0.15) is 138 Å². The predicted molar refractivity (Wildman–Crippen MR) is 204 cm³/mol. The Morgan fingerprint density at radius 1 is 0.902 bits per heavy atom. The number of nitrogens with one attached hydrogen (secondary N) is 1. The number of alkyl halides is 1. The van der Waals surface area contributed by atoms with Gasteiger partial charge >= 0.3 is 5.97 Å². The smallest absolute Gasteiger partial charge is 0.312 e. The van der Waals surface area contributed by atoms with Crippen LogP contribution in [0.25, 0.3) is 0 Å². The number of hydrogen-bond acceptors (Lipinski definition) is 3. The van der Waals surface area contributed by atoms with E-state index in [-0.39, 0.29) is 27.2 Å². The van der Waals surface area contributed by atoms with E-state index in [4.69, 9.17) is 0 Å². The van der Waals surface area contributed by atoms with Crippen LogP contribution in [0, 0.1) is 62.6 Å². The molecule has 6 heteroatoms. The lowest BCUT2D eigenvalue weighted by Crippen LogP contribution is -2.68. The summed E-state index contributed by atoms with van der Waals surface area (Å²) in [5, 5.41) is 13.9. The van der Waals surface area contributed by atoms with Crippen LogP contribution in [0.5, 0.6) is 0 Å². The fourth-order valence-corrected chi connectivity index (χ4v) is 14.7. The molecule has 0 radical (unpaired) electrons. The Kier molecular flexibility index (Phi) is 9.40. The van der Waals surface area contributed by atoms with Crippen molar-refractivity contribution >= 4 is 11.9 Å². The largest absolute Gasteiger partial charge is 0.481 e. The van der Waals surface area contributed by atoms with Gasteiger partial charge < -0.3 is 15.3 Å². The molecule has 6 aliphatic carbocycles. The molecule has 5 fully saturated rings. The average molecular weight is 705 g/mol. The summed E-state index contributed by atoms with van der Waals surface area (Å²) in [6.45, 7) is 23.6. The van der Waals surface area contributed by atoms with E-state index in [0.29, 0.717) is 61.3 Å². The van der Waals surface area contributed by atoms with Gasteiger partial charge in [0.05, 0.1) is 12.0 Å². The molecule has 1 amide bonds. The molecule has 5 nitrogen and oxygen atoms in total. The molecule has 0 aromatic rings. The molecule has 7 rings (SSSR count). The Labute approximate surface area is 308 Å². The molecule has 0 aromatic carbocycles. The van der Waals surface area contributed by atoms with Crippen LogP contribution in [0.2, 0.25) is 0 Å². The third kappa shape index (κ3) is 5.50. The second-order valence-electron chi connectivity index (χ2n) is 20.5. The quantitative estimate of drug-likeness (QED) is 0.259. The lowest BCUT2D eigenvalue weighted by atomic mass is 9.33. The molecule has 10 atom stereocenters. The third-order valence-electron chi connectivity index (χ3n) is 18.0. The molecule has 0 unspecified atom stereocenters. The summed E-state index contributed by atoms with van der Waals surface area (Å²) in [7, 11) is 0. The number of nitrogens with zero attached hydrogens (tertiary/aromatic N) is 1. The lowest BCUT2D eigenvalue weighted by molar-refractivity contribution is -0.221. The zero-order valence-corrected chi connectivity index (χ0v) is 33.1. The Hall–Kier alpha value is -1.95. The maximum atomic E-state index is 14.0. The van der Waals surface area contributed by atoms with Crippen molar-refractivity contribution in [3.05, 3.63) is 35.5 Å². The Balaban J connectivity index is 1.15. The molecule has 0 aromatic heterocycles. The first-order chi connectivity index (χ1) is 24.0. The topological polar surface area (TPSA) is 69.6 Å². The highest BCUT2D eigenvalue weighted by Crippen LogP contribution is 2.76. The number of amides is 1. The molecule has 1 heterocycles. The molecule has 0 bridgehead atoms. The molecule has 1 saturated heterocycles. The number of carboxylic acid groups (broad SMARTS) is 1. The Morgan fingerprint density at radius 3 is 2.25 bits per heavy atom. The Bertz CT molecular complexity index is 1490. The summed E-state index contributed by atoms with van der Waals surface area (Å²) in [4.78, 5) is 27.7. The third-order valence-corrected chi connectivity index (χ3v) is 18.0. The van der Waals surface area contributed by atoms with Crippen LogP contribution in [0.15, 0.2) is 35.5 Å². The molecule has 2 N–H and O–H groups in total. The van der Waals surface area contributed by atoms with Crippen molar-refractivity contribution in [1.82, 2.24) is 10.2 Å². The SMILES string of the molecule is C=C(C)[C@@H]1CC[C@]2(NCC(=O)N3CCC(C)CC3)CC[C@]3(C)[C@H](CC[C@@H]4[C@@]5(C)CC=C(C6=CC[C@](CF)(C(=O)O)CC6)C(C)(C)[C@@H]5CC[C@]43C)[C@@H]12. The number of carbonyl (C=O) groups excluding carboxylic acids is 1. The van der Waals surface area contributed by atoms with Gasteiger partial charge in [0.15, 0.2) is 0 Å². The number of piperidine rings is 1. The number of aliphatic carboxylic acids is 1. The van der Waals surface area contributed by atoms with Gasteiger partial charge in [0.2, 0.25) is 5.91 Å². The fraction of sp³-hybridized carbons (Fsp3) is 0.822. The van der Waals surface area contributed by atoms with E-state index in [0.717, 1.165) is 51.1 Å². The first kappa shape index (κ1) is 37.4. The van der Waals surface area contributed by atoms with Gasteiger partial charge in [-0.25, -0.2) is 4.39 Å². The van der Waals surface area contributed by atoms with Gasteiger partial charge in [0.1, 0.15) is 6.67 Å². The highest BCUT2D eigenvalue weighted by molar-refractivity contribution is 5.78. The van der Waals surface area contributed by atoms with Crippen molar-refractivity contribution in [2.45, 2.75) is 144 Å². The molecule has 51 heavy (non-hydrogen) atoms. The average Bonchev–Trinajstić information content (AvgIpc) is 3.48. The number of hydrogen-bond donors (Lipinski definition) is 2. The van der Waals surface area contributed by atoms with Crippen molar-refractivity contribution in [2.24, 2.45) is 62.6 Å². The lowest BCUT2D eigenvalue weighted by Gasteiger charge is -2.72. The fourth-order valence-electron chi connectivity index (χ4n) is 14.7. The zero-order valence-electron chi connectivity index (χ0n) is 33.1. The standard InChI is InChI=1S/C45H69FN2O3/c1-29(2)32-13-22-45(47-27-37(49)48-25-16-30(3)17-26-48)24-23-42(7)34(38(32)45)9-10-36-41(6)18-14-33(40(4,5)35(41)15-19-43(36,42)8)31-11-20-44(28-46,21-12-31)39(50)51/h11,14,30,32,34-36,38,47H,1,9-10,12-13,15-28H2,2-8H3,(H,50,51)/t32-,34+,35-,36+,38+,41-,42+,43+,44-,45-/m0/s1. The maximum absolute atomic E-state index is 14.0. The number of allylic oxidation sites excluding steroid dienone is 5. The molecule has 4 saturated carbocycles. The Morgan fingerprint density at radius 2 is 1.63 bits per heavy atom. The number of fused-ring (bicyclic) bond motifs is 7. The summed E-state index contributed by atoms with van der Waals surface area (Å²) in [5.74, 6) is 2.88. The van der Waals surface area contributed by atoms with Gasteiger partial charge in [-0.3, -0.25) is 9.59 Å². The number of carbonyl (C=O) groups is 2. The number of likely N-dealkylation sites (tertiary alicyclic amines) is 1. The highest BCUT2D eigenvalue weighted by atomic mass is 19.1. The van der Waals surface area contributed by atoms with Gasteiger partial charge in [-0.1, -0.05) is 65.8 Å². The van der Waals surface area contributed by atoms with Crippen molar-refractivity contribution in [2.75, 3.05) is 26.3 Å². The summed E-state index contributed by atoms with van der Waals surface area (Å²) in [6.07, 6.45) is 19.0. The van der Waals surface area contributed by atoms with Crippen LogP contribution >= 0.6 is 0 Å².